The molecule has 1 saturated heterocycles. The molecule has 2 aromatic carbocycles. The number of amides is 3. The fourth-order valence-corrected chi connectivity index (χ4v) is 9.53. The fourth-order valence-electron chi connectivity index (χ4n) is 9.53. The van der Waals surface area contributed by atoms with Crippen LogP contribution in [0.25, 0.3) is 16.9 Å². The van der Waals surface area contributed by atoms with Crippen molar-refractivity contribution in [3.8, 4) is 17.1 Å². The van der Waals surface area contributed by atoms with E-state index < -0.39 is 108 Å². The Bertz CT molecular complexity index is 3040. The lowest BCUT2D eigenvalue weighted by atomic mass is 9.91. The Labute approximate surface area is 492 Å². The number of benzene rings is 2. The Kier molecular flexibility index (Phi) is 23.1. The minimum Gasteiger partial charge on any atom is -0.469 e. The normalized spacial score (nSPS) is 14.2. The van der Waals surface area contributed by atoms with Gasteiger partial charge in [-0.3, -0.25) is 38.1 Å². The number of Topliss-reactive ketones (excluding diaryl/α,β-unsaturated/α-hetero) is 2. The topological polar surface area (TPSA) is 248 Å². The van der Waals surface area contributed by atoms with Crippen LogP contribution in [-0.2, 0) is 65.4 Å². The van der Waals surface area contributed by atoms with Gasteiger partial charge in [-0.05, 0) is 93.4 Å². The maximum absolute atomic E-state index is 15.0. The van der Waals surface area contributed by atoms with Crippen LogP contribution in [0.5, 0.6) is 5.88 Å². The monoisotopic (exact) mass is 1160 g/mol. The van der Waals surface area contributed by atoms with Crippen molar-refractivity contribution in [2.75, 3.05) is 59.5 Å². The highest BCUT2D eigenvalue weighted by atomic mass is 16.6. The summed E-state index contributed by atoms with van der Waals surface area (Å²) in [4.78, 5) is 126. The first-order valence-corrected chi connectivity index (χ1v) is 28.6. The molecule has 6 rings (SSSR count). The molecular weight excluding hydrogens is 1080 g/mol. The van der Waals surface area contributed by atoms with Crippen LogP contribution in [0.15, 0.2) is 89.7 Å². The number of nitrogens with one attached hydrogen (secondary N) is 1. The highest BCUT2D eigenvalue weighted by molar-refractivity contribution is 5.97. The Morgan fingerprint density at radius 3 is 1.85 bits per heavy atom. The van der Waals surface area contributed by atoms with E-state index in [1.807, 2.05) is 60.7 Å². The number of hydrogen-bond donors (Lipinski definition) is 1. The Morgan fingerprint density at radius 1 is 0.667 bits per heavy atom. The minimum atomic E-state index is -1.62. The average molecular weight is 1160 g/mol. The molecule has 21 heteroatoms. The second-order valence-electron chi connectivity index (χ2n) is 24.2. The quantitative estimate of drug-likeness (QED) is 0.0386. The third-order valence-electron chi connectivity index (χ3n) is 13.3. The molecular formula is C63H83N7O14. The third kappa shape index (κ3) is 21.1. The van der Waals surface area contributed by atoms with E-state index in [9.17, 15) is 38.4 Å². The zero-order chi connectivity index (χ0) is 61.4. The zero-order valence-electron chi connectivity index (χ0n) is 50.5. The van der Waals surface area contributed by atoms with E-state index in [1.165, 1.54) is 23.8 Å². The fraction of sp³-hybridized carbons (Fsp3) is 0.524. The van der Waals surface area contributed by atoms with Crippen LogP contribution in [0.4, 0.5) is 4.79 Å². The third-order valence-corrected chi connectivity index (χ3v) is 13.3. The number of ether oxygens (including phenoxy) is 5. The minimum absolute atomic E-state index is 0.0653. The summed E-state index contributed by atoms with van der Waals surface area (Å²) in [5.74, 6) is -7.16. The number of ketones is 2. The van der Waals surface area contributed by atoms with Gasteiger partial charge in [0, 0.05) is 77.3 Å². The van der Waals surface area contributed by atoms with Crippen LogP contribution < -0.4 is 10.1 Å². The number of morpholine rings is 1. The maximum atomic E-state index is 15.0. The number of aromatic nitrogens is 3. The molecule has 0 saturated carbocycles. The molecule has 1 N–H and O–H groups in total. The standard InChI is InChI=1S/C63H83N7O14/c1-42(71)34-45(37-53(73)82-61(2,3)4)57(76)66-48(40-55(75)84-63(8,9)10)52(72)36-46(38-54(74)83-62(5,6)7)58(77)67(11)27-28-69(26-19-25-68-29-32-79-33-30-68)60(78)81-59-50(39-47-24-18-31-80-47)65-56-49(35-43-20-14-12-15-21-43)64-51(41-70(56)59)44-22-16-13-17-23-44/h12-18,20-24,31,41,45-46,48H,19,25-30,32-40H2,1-11H3,(H,66,76). The number of carbonyl (C=O) groups excluding carboxylic acids is 8. The van der Waals surface area contributed by atoms with Crippen molar-refractivity contribution >= 4 is 53.0 Å². The molecule has 1 aliphatic heterocycles. The van der Waals surface area contributed by atoms with Crippen LogP contribution in [-0.4, -0.2) is 159 Å². The Morgan fingerprint density at radius 2 is 1.26 bits per heavy atom. The van der Waals surface area contributed by atoms with Gasteiger partial charge in [0.2, 0.25) is 17.7 Å². The summed E-state index contributed by atoms with van der Waals surface area (Å²) in [5, 5.41) is 2.56. The molecule has 84 heavy (non-hydrogen) atoms. The lowest BCUT2D eigenvalue weighted by molar-refractivity contribution is -0.160. The van der Waals surface area contributed by atoms with Gasteiger partial charge in [0.25, 0.3) is 0 Å². The van der Waals surface area contributed by atoms with Gasteiger partial charge < -0.3 is 48.0 Å². The summed E-state index contributed by atoms with van der Waals surface area (Å²) in [6.45, 7) is 19.3. The van der Waals surface area contributed by atoms with Crippen LogP contribution in [0.2, 0.25) is 0 Å². The first-order valence-electron chi connectivity index (χ1n) is 28.6. The summed E-state index contributed by atoms with van der Waals surface area (Å²) in [5.41, 5.74) is 1.09. The number of likely N-dealkylation sites (N-methyl/N-ethyl adjacent to an activating group) is 1. The first-order chi connectivity index (χ1) is 39.6. The van der Waals surface area contributed by atoms with Gasteiger partial charge in [-0.1, -0.05) is 60.7 Å². The second kappa shape index (κ2) is 29.6. The van der Waals surface area contributed by atoms with Gasteiger partial charge in [-0.25, -0.2) is 14.8 Å². The summed E-state index contributed by atoms with van der Waals surface area (Å²) in [7, 11) is 1.48. The van der Waals surface area contributed by atoms with E-state index in [0.717, 1.165) is 11.1 Å². The van der Waals surface area contributed by atoms with Crippen molar-refractivity contribution < 1.29 is 66.5 Å². The highest BCUT2D eigenvalue weighted by Crippen LogP contribution is 2.31. The Balaban J connectivity index is 1.31. The van der Waals surface area contributed by atoms with E-state index in [-0.39, 0.29) is 38.4 Å². The van der Waals surface area contributed by atoms with Crippen LogP contribution in [0, 0.1) is 11.8 Å². The Hall–Kier alpha value is -7.78. The zero-order valence-corrected chi connectivity index (χ0v) is 50.5. The number of fused-ring (bicyclic) bond motifs is 1. The SMILES string of the molecule is CC(=O)CC(CC(=O)OC(C)(C)C)C(=O)NC(CC(=O)OC(C)(C)C)C(=O)CC(CC(=O)OC(C)(C)C)C(=O)N(C)CCN(CCCN1CCOCC1)C(=O)Oc1c(Cc2ccco2)nc2c(Cc3ccccc3)nc(-c3ccccc3)cn12. The molecule has 3 unspecified atom stereocenters. The molecule has 0 aliphatic carbocycles. The van der Waals surface area contributed by atoms with Crippen molar-refractivity contribution in [1.82, 2.24) is 34.4 Å². The molecule has 4 heterocycles. The average Bonchev–Trinajstić information content (AvgIpc) is 3.77. The van der Waals surface area contributed by atoms with E-state index in [0.29, 0.717) is 74.2 Å². The van der Waals surface area contributed by atoms with Crippen molar-refractivity contribution in [1.29, 1.82) is 0 Å². The molecule has 0 spiro atoms. The van der Waals surface area contributed by atoms with E-state index in [1.54, 1.807) is 91.3 Å². The highest BCUT2D eigenvalue weighted by Gasteiger charge is 2.37. The number of carbonyl (C=O) groups is 8. The molecule has 1 aliphatic rings. The van der Waals surface area contributed by atoms with Gasteiger partial charge >= 0.3 is 24.0 Å². The largest absolute Gasteiger partial charge is 0.469 e. The van der Waals surface area contributed by atoms with Crippen LogP contribution >= 0.6 is 0 Å². The van der Waals surface area contributed by atoms with Gasteiger partial charge in [0.15, 0.2) is 11.4 Å². The number of esters is 3. The molecule has 3 atom stereocenters. The van der Waals surface area contributed by atoms with Gasteiger partial charge in [0.1, 0.15) is 34.0 Å². The van der Waals surface area contributed by atoms with E-state index in [4.69, 9.17) is 38.1 Å². The molecule has 21 nitrogen and oxygen atoms in total. The number of hydrogen-bond acceptors (Lipinski definition) is 17. The van der Waals surface area contributed by atoms with E-state index >= 15 is 0 Å². The summed E-state index contributed by atoms with van der Waals surface area (Å²) in [6, 6.07) is 21.4. The second-order valence-corrected chi connectivity index (χ2v) is 24.2. The molecule has 3 amide bonds. The smallest absolute Gasteiger partial charge is 0.416 e. The molecule has 0 radical (unpaired) electrons. The summed E-state index contributed by atoms with van der Waals surface area (Å²) >= 11 is 0. The number of furan rings is 1. The van der Waals surface area contributed by atoms with E-state index in [2.05, 4.69) is 10.2 Å². The number of rotatable bonds is 27. The van der Waals surface area contributed by atoms with Crippen molar-refractivity contribution in [3.63, 3.8) is 0 Å². The van der Waals surface area contributed by atoms with Gasteiger partial charge in [-0.2, -0.15) is 0 Å². The van der Waals surface area contributed by atoms with Gasteiger partial charge in [-0.15, -0.1) is 0 Å². The molecule has 5 aromatic rings. The first kappa shape index (κ1) is 65.4. The molecule has 1 fully saturated rings. The molecule has 3 aromatic heterocycles. The van der Waals surface area contributed by atoms with Crippen molar-refractivity contribution in [2.45, 2.75) is 143 Å². The summed E-state index contributed by atoms with van der Waals surface area (Å²) in [6.07, 6.45) is 0.910. The summed E-state index contributed by atoms with van der Waals surface area (Å²) < 4.78 is 36.2. The van der Waals surface area contributed by atoms with Crippen LogP contribution in [0.3, 0.4) is 0 Å². The predicted octanol–water partition coefficient (Wildman–Crippen LogP) is 8.00. The van der Waals surface area contributed by atoms with Gasteiger partial charge in [0.05, 0.1) is 74.4 Å². The predicted molar refractivity (Wildman–Crippen MR) is 312 cm³/mol. The lowest BCUT2D eigenvalue weighted by Gasteiger charge is -2.30. The van der Waals surface area contributed by atoms with Crippen molar-refractivity contribution in [3.05, 3.63) is 108 Å². The maximum Gasteiger partial charge on any atom is 0.416 e. The van der Waals surface area contributed by atoms with Crippen LogP contribution in [0.1, 0.15) is 130 Å². The molecule has 454 valence electrons. The number of imidazole rings is 1. The van der Waals surface area contributed by atoms with Crippen molar-refractivity contribution in [2.24, 2.45) is 11.8 Å². The molecule has 0 bridgehead atoms. The lowest BCUT2D eigenvalue weighted by Crippen LogP contribution is -2.48. The number of nitrogens with zero attached hydrogens (tertiary/aromatic N) is 6.